The molecule has 0 aliphatic carbocycles. The number of carbonyl (C=O) groups excluding carboxylic acids is 2. The Bertz CT molecular complexity index is 1180. The first-order chi connectivity index (χ1) is 15.4. The minimum atomic E-state index is -0.845. The third kappa shape index (κ3) is 4.01. The summed E-state index contributed by atoms with van der Waals surface area (Å²) in [7, 11) is 1.48. The van der Waals surface area contributed by atoms with E-state index in [-0.39, 0.29) is 17.9 Å². The van der Waals surface area contributed by atoms with Gasteiger partial charge in [0.05, 0.1) is 24.5 Å². The van der Waals surface area contributed by atoms with Gasteiger partial charge in [-0.25, -0.2) is 0 Å². The normalized spacial score (nSPS) is 17.7. The Morgan fingerprint density at radius 2 is 1.91 bits per heavy atom. The molecule has 2 heterocycles. The highest BCUT2D eigenvalue weighted by atomic mass is 35.5. The van der Waals surface area contributed by atoms with Crippen LogP contribution in [0, 0.1) is 6.92 Å². The van der Waals surface area contributed by atoms with Gasteiger partial charge in [0.1, 0.15) is 23.3 Å². The predicted octanol–water partition coefficient (Wildman–Crippen LogP) is 4.91. The van der Waals surface area contributed by atoms with Crippen LogP contribution in [0.15, 0.2) is 70.9 Å². The molecule has 0 radical (unpaired) electrons. The average molecular weight is 452 g/mol. The van der Waals surface area contributed by atoms with Crippen LogP contribution in [0.4, 0.5) is 0 Å². The highest BCUT2D eigenvalue weighted by molar-refractivity contribution is 6.46. The van der Waals surface area contributed by atoms with E-state index in [9.17, 15) is 14.7 Å². The van der Waals surface area contributed by atoms with Crippen molar-refractivity contribution in [2.75, 3.05) is 13.7 Å². The molecule has 1 aliphatic rings. The second-order valence-corrected chi connectivity index (χ2v) is 8.02. The quantitative estimate of drug-likeness (QED) is 0.327. The number of hydrogen-bond acceptors (Lipinski definition) is 5. The molecule has 1 unspecified atom stereocenters. The summed E-state index contributed by atoms with van der Waals surface area (Å²) in [6.07, 6.45) is 1.98. The maximum absolute atomic E-state index is 13.1. The molecule has 32 heavy (non-hydrogen) atoms. The Morgan fingerprint density at radius 1 is 1.16 bits per heavy atom. The van der Waals surface area contributed by atoms with Crippen LogP contribution in [0.3, 0.4) is 0 Å². The van der Waals surface area contributed by atoms with Crippen molar-refractivity contribution < 1.29 is 23.8 Å². The van der Waals surface area contributed by atoms with Crippen molar-refractivity contribution in [2.45, 2.75) is 19.4 Å². The summed E-state index contributed by atoms with van der Waals surface area (Å²) in [4.78, 5) is 27.5. The van der Waals surface area contributed by atoms with Crippen molar-refractivity contribution in [1.29, 1.82) is 0 Å². The van der Waals surface area contributed by atoms with Gasteiger partial charge in [0.25, 0.3) is 11.7 Å². The van der Waals surface area contributed by atoms with Crippen molar-refractivity contribution in [3.05, 3.63) is 93.9 Å². The van der Waals surface area contributed by atoms with Gasteiger partial charge in [-0.15, -0.1) is 0 Å². The molecule has 6 nitrogen and oxygen atoms in total. The number of ketones is 1. The molecule has 3 aromatic rings. The number of aliphatic hydroxyl groups excluding tert-OH is 1. The highest BCUT2D eigenvalue weighted by Gasteiger charge is 2.47. The van der Waals surface area contributed by atoms with Crippen LogP contribution in [0.2, 0.25) is 5.02 Å². The Kier molecular flexibility index (Phi) is 6.06. The monoisotopic (exact) mass is 451 g/mol. The third-order valence-corrected chi connectivity index (χ3v) is 5.77. The summed E-state index contributed by atoms with van der Waals surface area (Å²) < 4.78 is 10.9. The van der Waals surface area contributed by atoms with E-state index < -0.39 is 17.7 Å². The van der Waals surface area contributed by atoms with Gasteiger partial charge in [0.2, 0.25) is 0 Å². The number of nitrogens with zero attached hydrogens (tertiary/aromatic N) is 1. The number of rotatable bonds is 6. The zero-order valence-corrected chi connectivity index (χ0v) is 18.4. The van der Waals surface area contributed by atoms with Gasteiger partial charge < -0.3 is 19.2 Å². The summed E-state index contributed by atoms with van der Waals surface area (Å²) in [5.74, 6) is -0.941. The second kappa shape index (κ2) is 8.93. The molecule has 1 aliphatic heterocycles. The minimum Gasteiger partial charge on any atom is -0.507 e. The van der Waals surface area contributed by atoms with Crippen molar-refractivity contribution in [3.63, 3.8) is 0 Å². The molecule has 1 N–H and O–H groups in total. The Hall–Kier alpha value is -3.51. The number of aryl methyl sites for hydroxylation is 1. The van der Waals surface area contributed by atoms with Gasteiger partial charge in [0.15, 0.2) is 0 Å². The van der Waals surface area contributed by atoms with Crippen LogP contribution in [0.25, 0.3) is 5.76 Å². The first-order valence-corrected chi connectivity index (χ1v) is 10.5. The molecule has 0 spiro atoms. The van der Waals surface area contributed by atoms with E-state index >= 15 is 0 Å². The summed E-state index contributed by atoms with van der Waals surface area (Å²) in [5.41, 5.74) is 2.17. The first-order valence-electron chi connectivity index (χ1n) is 10.1. The molecule has 1 amide bonds. The number of amides is 1. The predicted molar refractivity (Wildman–Crippen MR) is 121 cm³/mol. The fourth-order valence-corrected chi connectivity index (χ4v) is 4.03. The van der Waals surface area contributed by atoms with Crippen LogP contribution in [0.5, 0.6) is 5.75 Å². The van der Waals surface area contributed by atoms with Crippen molar-refractivity contribution in [2.24, 2.45) is 0 Å². The SMILES string of the molecule is COc1ccc(C)cc1/C(O)=C1/C(=O)C(=O)N(CCc2ccc(Cl)cc2)C1c1ccco1. The Morgan fingerprint density at radius 3 is 2.56 bits per heavy atom. The summed E-state index contributed by atoms with van der Waals surface area (Å²) in [5, 5.41) is 11.8. The number of benzene rings is 2. The zero-order valence-electron chi connectivity index (χ0n) is 17.7. The molecule has 1 atom stereocenters. The number of aliphatic hydroxyl groups is 1. The summed E-state index contributed by atoms with van der Waals surface area (Å²) in [6.45, 7) is 2.13. The zero-order chi connectivity index (χ0) is 22.8. The molecule has 1 aromatic heterocycles. The van der Waals surface area contributed by atoms with Gasteiger partial charge in [-0.2, -0.15) is 0 Å². The van der Waals surface area contributed by atoms with Crippen molar-refractivity contribution in [3.8, 4) is 5.75 Å². The number of methoxy groups -OCH3 is 1. The lowest BCUT2D eigenvalue weighted by molar-refractivity contribution is -0.140. The molecule has 0 saturated carbocycles. The third-order valence-electron chi connectivity index (χ3n) is 5.52. The fraction of sp³-hybridized carbons (Fsp3) is 0.200. The lowest BCUT2D eigenvalue weighted by atomic mass is 9.98. The lowest BCUT2D eigenvalue weighted by Crippen LogP contribution is -2.31. The molecule has 1 fully saturated rings. The first kappa shape index (κ1) is 21.7. The summed E-state index contributed by atoms with van der Waals surface area (Å²) in [6, 6.07) is 15.1. The Labute approximate surface area is 190 Å². The number of carbonyl (C=O) groups is 2. The van der Waals surface area contributed by atoms with Gasteiger partial charge in [-0.3, -0.25) is 9.59 Å². The van der Waals surface area contributed by atoms with E-state index in [2.05, 4.69) is 0 Å². The number of Topliss-reactive ketones (excluding diaryl/α,β-unsaturated/α-hetero) is 1. The van der Waals surface area contributed by atoms with Gasteiger partial charge in [0, 0.05) is 11.6 Å². The maximum Gasteiger partial charge on any atom is 0.295 e. The van der Waals surface area contributed by atoms with Crippen molar-refractivity contribution in [1.82, 2.24) is 4.90 Å². The number of furan rings is 1. The second-order valence-electron chi connectivity index (χ2n) is 7.59. The lowest BCUT2D eigenvalue weighted by Gasteiger charge is -2.23. The molecular weight excluding hydrogens is 430 g/mol. The van der Waals surface area contributed by atoms with Gasteiger partial charge in [-0.05, 0) is 55.3 Å². The smallest absolute Gasteiger partial charge is 0.295 e. The van der Waals surface area contributed by atoms with E-state index in [0.29, 0.717) is 28.5 Å². The average Bonchev–Trinajstić information content (AvgIpc) is 3.40. The standard InChI is InChI=1S/C25H22ClNO5/c1-15-5-10-19(31-2)18(14-15)23(28)21-22(20-4-3-13-32-20)27(25(30)24(21)29)12-11-16-6-8-17(26)9-7-16/h3-10,13-14,22,28H,11-12H2,1-2H3/b23-21-. The molecule has 1 saturated heterocycles. The van der Waals surface area contributed by atoms with Gasteiger partial charge in [-0.1, -0.05) is 35.4 Å². The Balaban J connectivity index is 1.77. The topological polar surface area (TPSA) is 80.0 Å². The number of likely N-dealkylation sites (tertiary alicyclic amines) is 1. The van der Waals surface area contributed by atoms with Crippen LogP contribution < -0.4 is 4.74 Å². The molecule has 164 valence electrons. The van der Waals surface area contributed by atoms with Gasteiger partial charge >= 0.3 is 0 Å². The minimum absolute atomic E-state index is 0.0232. The molecular formula is C25H22ClNO5. The largest absolute Gasteiger partial charge is 0.507 e. The van der Waals surface area contributed by atoms with E-state index in [0.717, 1.165) is 11.1 Å². The van der Waals surface area contributed by atoms with Crippen LogP contribution >= 0.6 is 11.6 Å². The maximum atomic E-state index is 13.1. The molecule has 7 heteroatoms. The van der Waals surface area contributed by atoms with Crippen LogP contribution in [0.1, 0.15) is 28.5 Å². The number of ether oxygens (including phenoxy) is 1. The molecule has 4 rings (SSSR count). The van der Waals surface area contributed by atoms with E-state index in [1.165, 1.54) is 18.3 Å². The number of halogens is 1. The fourth-order valence-electron chi connectivity index (χ4n) is 3.91. The van der Waals surface area contributed by atoms with E-state index in [1.807, 2.05) is 25.1 Å². The number of hydrogen-bond donors (Lipinski definition) is 1. The molecule has 2 aromatic carbocycles. The summed E-state index contributed by atoms with van der Waals surface area (Å²) >= 11 is 5.95. The van der Waals surface area contributed by atoms with E-state index in [1.54, 1.807) is 36.4 Å². The van der Waals surface area contributed by atoms with Crippen LogP contribution in [-0.4, -0.2) is 35.4 Å². The highest BCUT2D eigenvalue weighted by Crippen LogP contribution is 2.41. The van der Waals surface area contributed by atoms with E-state index in [4.69, 9.17) is 20.8 Å². The van der Waals surface area contributed by atoms with Crippen LogP contribution in [-0.2, 0) is 16.0 Å². The molecule has 0 bridgehead atoms. The van der Waals surface area contributed by atoms with Crippen molar-refractivity contribution >= 4 is 29.1 Å².